The summed E-state index contributed by atoms with van der Waals surface area (Å²) in [7, 11) is -4.16. The zero-order chi connectivity index (χ0) is 15.6. The topological polar surface area (TPSA) is 101 Å². The molecular weight excluding hydrogens is 303 g/mol. The van der Waals surface area contributed by atoms with Crippen molar-refractivity contribution in [2.75, 3.05) is 19.7 Å². The van der Waals surface area contributed by atoms with E-state index in [1.54, 1.807) is 0 Å². The molecule has 1 fully saturated rings. The van der Waals surface area contributed by atoms with Gasteiger partial charge in [-0.05, 0) is 30.9 Å². The third-order valence-corrected chi connectivity index (χ3v) is 5.39. The number of nitro groups is 1. The van der Waals surface area contributed by atoms with E-state index in [9.17, 15) is 22.9 Å². The molecule has 0 radical (unpaired) electrons. The molecule has 0 saturated carbocycles. The molecular formula is C12H15FN2O5S. The summed E-state index contributed by atoms with van der Waals surface area (Å²) in [5.74, 6) is -1.39. The molecule has 1 heterocycles. The first kappa shape index (κ1) is 15.8. The van der Waals surface area contributed by atoms with Crippen molar-refractivity contribution in [3.8, 4) is 0 Å². The van der Waals surface area contributed by atoms with E-state index in [0.717, 1.165) is 22.5 Å². The molecule has 9 heteroatoms. The Kier molecular flexibility index (Phi) is 4.55. The lowest BCUT2D eigenvalue weighted by Crippen LogP contribution is -2.41. The Balaban J connectivity index is 2.45. The molecule has 0 aromatic heterocycles. The fraction of sp³-hybridized carbons (Fsp3) is 0.500. The quantitative estimate of drug-likeness (QED) is 0.662. The van der Waals surface area contributed by atoms with E-state index in [2.05, 4.69) is 0 Å². The van der Waals surface area contributed by atoms with Crippen LogP contribution in [0.15, 0.2) is 23.1 Å². The lowest BCUT2D eigenvalue weighted by Gasteiger charge is -2.30. The number of halogens is 1. The molecule has 1 aliphatic rings. The number of aliphatic hydroxyl groups is 1. The number of aliphatic hydroxyl groups excluding tert-OH is 1. The second kappa shape index (κ2) is 6.04. The molecule has 1 N–H and O–H groups in total. The molecule has 116 valence electrons. The first-order valence-electron chi connectivity index (χ1n) is 6.42. The summed E-state index contributed by atoms with van der Waals surface area (Å²) in [5, 5.41) is 20.1. The maximum atomic E-state index is 13.6. The van der Waals surface area contributed by atoms with Crippen LogP contribution in [0.3, 0.4) is 0 Å². The van der Waals surface area contributed by atoms with Gasteiger partial charge in [-0.25, -0.2) is 8.42 Å². The number of benzene rings is 1. The van der Waals surface area contributed by atoms with Crippen LogP contribution in [0.2, 0.25) is 0 Å². The van der Waals surface area contributed by atoms with E-state index in [4.69, 9.17) is 5.11 Å². The zero-order valence-corrected chi connectivity index (χ0v) is 11.9. The molecule has 1 unspecified atom stereocenters. The molecule has 1 aromatic rings. The number of rotatable bonds is 4. The van der Waals surface area contributed by atoms with Gasteiger partial charge in [0, 0.05) is 19.7 Å². The summed E-state index contributed by atoms with van der Waals surface area (Å²) in [6, 6.07) is 3.01. The lowest BCUT2D eigenvalue weighted by atomic mass is 10.0. The number of hydrogen-bond acceptors (Lipinski definition) is 5. The minimum absolute atomic E-state index is 0.0759. The maximum absolute atomic E-state index is 13.6. The summed E-state index contributed by atoms with van der Waals surface area (Å²) >= 11 is 0. The largest absolute Gasteiger partial charge is 0.396 e. The fourth-order valence-electron chi connectivity index (χ4n) is 2.41. The van der Waals surface area contributed by atoms with Gasteiger partial charge in [0.25, 0.3) is 0 Å². The third kappa shape index (κ3) is 3.04. The smallest absolute Gasteiger partial charge is 0.324 e. The molecule has 21 heavy (non-hydrogen) atoms. The normalized spacial score (nSPS) is 20.4. The Bertz CT molecular complexity index is 649. The van der Waals surface area contributed by atoms with Gasteiger partial charge in [-0.15, -0.1) is 0 Å². The van der Waals surface area contributed by atoms with Gasteiger partial charge in [0.1, 0.15) is 0 Å². The minimum Gasteiger partial charge on any atom is -0.396 e. The van der Waals surface area contributed by atoms with Crippen LogP contribution in [0.1, 0.15) is 12.8 Å². The maximum Gasteiger partial charge on any atom is 0.324 e. The lowest BCUT2D eigenvalue weighted by molar-refractivity contribution is -0.390. The van der Waals surface area contributed by atoms with Gasteiger partial charge in [0.05, 0.1) is 4.92 Å². The Morgan fingerprint density at radius 3 is 2.81 bits per heavy atom. The van der Waals surface area contributed by atoms with Crippen LogP contribution >= 0.6 is 0 Å². The molecule has 1 atom stereocenters. The second-order valence-corrected chi connectivity index (χ2v) is 6.80. The molecule has 0 bridgehead atoms. The van der Waals surface area contributed by atoms with Crippen LogP contribution in [0.5, 0.6) is 0 Å². The molecule has 0 amide bonds. The summed E-state index contributed by atoms with van der Waals surface area (Å²) in [6.45, 7) is 0.121. The van der Waals surface area contributed by atoms with Gasteiger partial charge < -0.3 is 5.11 Å². The monoisotopic (exact) mass is 318 g/mol. The van der Waals surface area contributed by atoms with Gasteiger partial charge in [0.15, 0.2) is 4.90 Å². The molecule has 1 aromatic carbocycles. The van der Waals surface area contributed by atoms with Crippen LogP contribution in [0, 0.1) is 21.8 Å². The average Bonchev–Trinajstić information content (AvgIpc) is 2.46. The number of sulfonamides is 1. The predicted molar refractivity (Wildman–Crippen MR) is 71.6 cm³/mol. The molecule has 0 spiro atoms. The van der Waals surface area contributed by atoms with E-state index >= 15 is 0 Å². The zero-order valence-electron chi connectivity index (χ0n) is 11.1. The van der Waals surface area contributed by atoms with E-state index in [-0.39, 0.29) is 25.6 Å². The molecule has 0 aliphatic carbocycles. The summed E-state index contributed by atoms with van der Waals surface area (Å²) in [5.41, 5.74) is -1.04. The van der Waals surface area contributed by atoms with Crippen LogP contribution in [0.25, 0.3) is 0 Å². The first-order valence-corrected chi connectivity index (χ1v) is 7.86. The number of hydrogen-bond donors (Lipinski definition) is 1. The summed E-state index contributed by atoms with van der Waals surface area (Å²) in [6.07, 6.45) is 1.24. The number of piperidine rings is 1. The van der Waals surface area contributed by atoms with E-state index in [1.807, 2.05) is 0 Å². The highest BCUT2D eigenvalue weighted by Gasteiger charge is 2.36. The van der Waals surface area contributed by atoms with Gasteiger partial charge >= 0.3 is 5.69 Å². The standard InChI is InChI=1S/C12H15FN2O5S/c13-10-4-1-5-11(12(10)15(17)18)21(19,20)14-6-2-3-9(7-14)8-16/h1,4-5,9,16H,2-3,6-8H2. The number of nitrogens with zero attached hydrogens (tertiary/aromatic N) is 2. The predicted octanol–water partition coefficient (Wildman–Crippen LogP) is 1.13. The number of para-hydroxylation sites is 1. The third-order valence-electron chi connectivity index (χ3n) is 3.49. The highest BCUT2D eigenvalue weighted by Crippen LogP contribution is 2.31. The van der Waals surface area contributed by atoms with Crippen molar-refractivity contribution in [3.05, 3.63) is 34.1 Å². The molecule has 7 nitrogen and oxygen atoms in total. The van der Waals surface area contributed by atoms with E-state index in [0.29, 0.717) is 12.8 Å². The highest BCUT2D eigenvalue weighted by molar-refractivity contribution is 7.89. The Hall–Kier alpha value is -1.58. The van der Waals surface area contributed by atoms with Crippen molar-refractivity contribution in [1.29, 1.82) is 0 Å². The number of nitro benzene ring substituents is 1. The Labute approximate surface area is 121 Å². The Morgan fingerprint density at radius 2 is 2.19 bits per heavy atom. The van der Waals surface area contributed by atoms with Crippen molar-refractivity contribution in [3.63, 3.8) is 0 Å². The van der Waals surface area contributed by atoms with Gasteiger partial charge in [-0.1, -0.05) is 6.07 Å². The van der Waals surface area contributed by atoms with Crippen molar-refractivity contribution in [2.24, 2.45) is 5.92 Å². The van der Waals surface area contributed by atoms with Crippen molar-refractivity contribution in [1.82, 2.24) is 4.31 Å². The Morgan fingerprint density at radius 1 is 1.48 bits per heavy atom. The summed E-state index contributed by atoms with van der Waals surface area (Å²) < 4.78 is 39.6. The molecule has 1 aliphatic heterocycles. The van der Waals surface area contributed by atoms with Crippen molar-refractivity contribution < 1.29 is 22.8 Å². The first-order chi connectivity index (χ1) is 9.87. The fourth-order valence-corrected chi connectivity index (χ4v) is 4.14. The minimum atomic E-state index is -4.16. The molecule has 2 rings (SSSR count). The van der Waals surface area contributed by atoms with Gasteiger partial charge in [0.2, 0.25) is 15.8 Å². The van der Waals surface area contributed by atoms with Crippen LogP contribution < -0.4 is 0 Å². The van der Waals surface area contributed by atoms with Crippen molar-refractivity contribution in [2.45, 2.75) is 17.7 Å². The average molecular weight is 318 g/mol. The van der Waals surface area contributed by atoms with E-state index < -0.39 is 31.3 Å². The van der Waals surface area contributed by atoms with E-state index in [1.165, 1.54) is 0 Å². The SMILES string of the molecule is O=[N+]([O-])c1c(F)cccc1S(=O)(=O)N1CCCC(CO)C1. The second-order valence-electron chi connectivity index (χ2n) is 4.90. The van der Waals surface area contributed by atoms with Gasteiger partial charge in [-0.3, -0.25) is 10.1 Å². The highest BCUT2D eigenvalue weighted by atomic mass is 32.2. The van der Waals surface area contributed by atoms with Crippen molar-refractivity contribution >= 4 is 15.7 Å². The van der Waals surface area contributed by atoms with Gasteiger partial charge in [-0.2, -0.15) is 8.70 Å². The van der Waals surface area contributed by atoms with Crippen LogP contribution in [-0.2, 0) is 10.0 Å². The molecule has 1 saturated heterocycles. The van der Waals surface area contributed by atoms with Crippen LogP contribution in [0.4, 0.5) is 10.1 Å². The summed E-state index contributed by atoms with van der Waals surface area (Å²) in [4.78, 5) is 9.26. The van der Waals surface area contributed by atoms with Crippen LogP contribution in [-0.4, -0.2) is 42.4 Å².